The summed E-state index contributed by atoms with van der Waals surface area (Å²) < 4.78 is 5.12. The van der Waals surface area contributed by atoms with E-state index in [4.69, 9.17) is 4.74 Å². The van der Waals surface area contributed by atoms with E-state index in [2.05, 4.69) is 58.5 Å². The maximum Gasteiger partial charge on any atom is 0.167 e. The van der Waals surface area contributed by atoms with E-state index in [0.717, 1.165) is 17.7 Å². The minimum Gasteiger partial charge on any atom is -0.507 e. The summed E-state index contributed by atoms with van der Waals surface area (Å²) in [5, 5.41) is 20.8. The minimum atomic E-state index is 0.0360. The SMILES string of the molecule is C=C/C=C\c1c(O)cc(CC(C)c2cccc(CC)c2)c(O)c1C.CC(=O)COc1ccccc1.CCCCCC. The smallest absolute Gasteiger partial charge is 0.167 e. The standard InChI is InChI=1S/C22H26O2.C9H10O2.C6H14/c1-5-7-11-20-16(4)22(24)19(14-21(20)23)12-15(3)18-10-8-9-17(6-2)13-18;1-8(10)7-11-9-5-3-2-4-6-9;1-3-5-6-4-2/h5,7-11,13-15,23-24H,1,6,12H2,2-4H3;2-6H,7H2,1H3;3-6H2,1-2H3/b11-7-;;. The van der Waals surface area contributed by atoms with Gasteiger partial charge >= 0.3 is 0 Å². The van der Waals surface area contributed by atoms with Gasteiger partial charge in [0.15, 0.2) is 5.78 Å². The van der Waals surface area contributed by atoms with E-state index >= 15 is 0 Å². The van der Waals surface area contributed by atoms with Crippen LogP contribution in [0.5, 0.6) is 17.2 Å². The van der Waals surface area contributed by atoms with Crippen molar-refractivity contribution in [1.82, 2.24) is 0 Å². The predicted molar refractivity (Wildman–Crippen MR) is 174 cm³/mol. The van der Waals surface area contributed by atoms with Crippen LogP contribution in [0.3, 0.4) is 0 Å². The van der Waals surface area contributed by atoms with Crippen molar-refractivity contribution in [1.29, 1.82) is 0 Å². The summed E-state index contributed by atoms with van der Waals surface area (Å²) in [6.45, 7) is 15.9. The van der Waals surface area contributed by atoms with E-state index in [1.54, 1.807) is 24.3 Å². The Kier molecular flexibility index (Phi) is 17.3. The second-order valence-corrected chi connectivity index (χ2v) is 10.3. The molecular weight excluding hydrogens is 508 g/mol. The number of allylic oxidation sites excluding steroid dienone is 2. The molecule has 0 amide bonds. The lowest BCUT2D eigenvalue weighted by atomic mass is 9.90. The summed E-state index contributed by atoms with van der Waals surface area (Å²) in [6.07, 6.45) is 12.4. The molecule has 0 radical (unpaired) electrons. The Hall–Kier alpha value is -3.79. The lowest BCUT2D eigenvalue weighted by molar-refractivity contribution is -0.118. The normalized spacial score (nSPS) is 11.1. The van der Waals surface area contributed by atoms with Gasteiger partial charge in [0.05, 0.1) is 0 Å². The van der Waals surface area contributed by atoms with Crippen molar-refractivity contribution in [3.05, 3.63) is 107 Å². The topological polar surface area (TPSA) is 66.8 Å². The summed E-state index contributed by atoms with van der Waals surface area (Å²) >= 11 is 0. The molecular formula is C37H50O4. The zero-order valence-electron chi connectivity index (χ0n) is 26.0. The molecule has 41 heavy (non-hydrogen) atoms. The number of carbonyl (C=O) groups is 1. The van der Waals surface area contributed by atoms with Crippen molar-refractivity contribution >= 4 is 11.9 Å². The van der Waals surface area contributed by atoms with Crippen LogP contribution in [0.15, 0.2) is 79.4 Å². The molecule has 4 nitrogen and oxygen atoms in total. The van der Waals surface area contributed by atoms with E-state index < -0.39 is 0 Å². The second-order valence-electron chi connectivity index (χ2n) is 10.3. The Bertz CT molecular complexity index is 1210. The highest BCUT2D eigenvalue weighted by Gasteiger charge is 2.16. The molecule has 0 bridgehead atoms. The van der Waals surface area contributed by atoms with E-state index in [1.165, 1.54) is 43.7 Å². The number of rotatable bonds is 12. The Balaban J connectivity index is 0.000000406. The van der Waals surface area contributed by atoms with Gasteiger partial charge in [-0.15, -0.1) is 0 Å². The lowest BCUT2D eigenvalue weighted by Crippen LogP contribution is -2.06. The van der Waals surface area contributed by atoms with Crippen molar-refractivity contribution in [2.75, 3.05) is 6.61 Å². The minimum absolute atomic E-state index is 0.0360. The first-order valence-corrected chi connectivity index (χ1v) is 14.8. The Labute approximate surface area is 248 Å². The first kappa shape index (κ1) is 35.2. The zero-order chi connectivity index (χ0) is 30.6. The number of ketones is 1. The molecule has 0 heterocycles. The molecule has 3 aromatic carbocycles. The third-order valence-electron chi connectivity index (χ3n) is 6.65. The van der Waals surface area contributed by atoms with Gasteiger partial charge in [-0.2, -0.15) is 0 Å². The van der Waals surface area contributed by atoms with Gasteiger partial charge in [0.25, 0.3) is 0 Å². The summed E-state index contributed by atoms with van der Waals surface area (Å²) in [4.78, 5) is 10.5. The number of ether oxygens (including phenoxy) is 1. The third-order valence-corrected chi connectivity index (χ3v) is 6.65. The molecule has 4 heteroatoms. The van der Waals surface area contributed by atoms with Gasteiger partial charge in [-0.25, -0.2) is 0 Å². The molecule has 0 aliphatic rings. The number of aryl methyl sites for hydroxylation is 1. The lowest BCUT2D eigenvalue weighted by Gasteiger charge is -2.17. The van der Waals surface area contributed by atoms with Crippen LogP contribution in [0, 0.1) is 6.92 Å². The number of hydrogen-bond acceptors (Lipinski definition) is 4. The fourth-order valence-electron chi connectivity index (χ4n) is 4.17. The van der Waals surface area contributed by atoms with Crippen LogP contribution in [0.2, 0.25) is 0 Å². The monoisotopic (exact) mass is 558 g/mol. The van der Waals surface area contributed by atoms with Gasteiger partial charge < -0.3 is 14.9 Å². The van der Waals surface area contributed by atoms with Crippen molar-refractivity contribution in [3.63, 3.8) is 0 Å². The van der Waals surface area contributed by atoms with E-state index in [-0.39, 0.29) is 29.8 Å². The molecule has 1 unspecified atom stereocenters. The molecule has 0 spiro atoms. The van der Waals surface area contributed by atoms with E-state index in [9.17, 15) is 15.0 Å². The Morgan fingerprint density at radius 2 is 1.63 bits per heavy atom. The van der Waals surface area contributed by atoms with E-state index in [1.807, 2.05) is 37.3 Å². The molecule has 0 aliphatic heterocycles. The average Bonchev–Trinajstić information content (AvgIpc) is 2.98. The molecule has 0 saturated carbocycles. The summed E-state index contributed by atoms with van der Waals surface area (Å²) in [6, 6.07) is 19.5. The molecule has 0 aromatic heterocycles. The van der Waals surface area contributed by atoms with Crippen molar-refractivity contribution in [2.24, 2.45) is 0 Å². The number of aromatic hydroxyl groups is 2. The number of hydrogen-bond donors (Lipinski definition) is 2. The van der Waals surface area contributed by atoms with Crippen LogP contribution < -0.4 is 4.74 Å². The van der Waals surface area contributed by atoms with Gasteiger partial charge in [-0.05, 0) is 67.5 Å². The maximum absolute atomic E-state index is 10.5. The number of carbonyl (C=O) groups excluding carboxylic acids is 1. The number of para-hydroxylation sites is 1. The first-order chi connectivity index (χ1) is 19.7. The highest BCUT2D eigenvalue weighted by Crippen LogP contribution is 2.36. The highest BCUT2D eigenvalue weighted by molar-refractivity contribution is 5.77. The van der Waals surface area contributed by atoms with Gasteiger partial charge in [-0.1, -0.05) is 121 Å². The average molecular weight is 559 g/mol. The predicted octanol–water partition coefficient (Wildman–Crippen LogP) is 9.76. The Morgan fingerprint density at radius 1 is 0.976 bits per heavy atom. The summed E-state index contributed by atoms with van der Waals surface area (Å²) in [5.41, 5.74) is 4.67. The van der Waals surface area contributed by atoms with Crippen LogP contribution in [0.25, 0.3) is 6.08 Å². The van der Waals surface area contributed by atoms with Crippen molar-refractivity contribution < 1.29 is 19.7 Å². The van der Waals surface area contributed by atoms with Gasteiger partial charge in [0, 0.05) is 11.1 Å². The fraction of sp³-hybridized carbons (Fsp3) is 0.378. The molecule has 222 valence electrons. The molecule has 3 rings (SSSR count). The Morgan fingerprint density at radius 3 is 2.20 bits per heavy atom. The fourth-order valence-corrected chi connectivity index (χ4v) is 4.17. The van der Waals surface area contributed by atoms with Crippen LogP contribution in [-0.4, -0.2) is 22.6 Å². The third kappa shape index (κ3) is 13.4. The first-order valence-electron chi connectivity index (χ1n) is 14.8. The zero-order valence-corrected chi connectivity index (χ0v) is 26.0. The van der Waals surface area contributed by atoms with Crippen LogP contribution in [0.1, 0.15) is 94.0 Å². The maximum atomic E-state index is 10.5. The number of unbranched alkanes of at least 4 members (excludes halogenated alkanes) is 3. The largest absolute Gasteiger partial charge is 0.507 e. The van der Waals surface area contributed by atoms with Crippen LogP contribution >= 0.6 is 0 Å². The van der Waals surface area contributed by atoms with Crippen LogP contribution in [0.4, 0.5) is 0 Å². The van der Waals surface area contributed by atoms with Crippen LogP contribution in [-0.2, 0) is 17.6 Å². The quantitative estimate of drug-likeness (QED) is 0.132. The van der Waals surface area contributed by atoms with Crippen molar-refractivity contribution in [2.45, 2.75) is 86.0 Å². The number of Topliss-reactive ketones (excluding diaryl/α,β-unsaturated/α-hetero) is 1. The molecule has 3 aromatic rings. The number of phenols is 2. The molecule has 2 N–H and O–H groups in total. The van der Waals surface area contributed by atoms with Gasteiger partial charge in [0.1, 0.15) is 23.9 Å². The summed E-state index contributed by atoms with van der Waals surface area (Å²) in [7, 11) is 0. The second kappa shape index (κ2) is 20.1. The molecule has 0 aliphatic carbocycles. The number of phenolic OH excluding ortho intramolecular Hbond substituents is 2. The van der Waals surface area contributed by atoms with Crippen molar-refractivity contribution in [3.8, 4) is 17.2 Å². The van der Waals surface area contributed by atoms with Gasteiger partial charge in [-0.3, -0.25) is 4.79 Å². The number of benzene rings is 3. The molecule has 0 fully saturated rings. The molecule has 1 atom stereocenters. The van der Waals surface area contributed by atoms with E-state index in [0.29, 0.717) is 17.5 Å². The molecule has 0 saturated heterocycles. The van der Waals surface area contributed by atoms with Gasteiger partial charge in [0.2, 0.25) is 0 Å². The highest BCUT2D eigenvalue weighted by atomic mass is 16.5. The summed E-state index contributed by atoms with van der Waals surface area (Å²) in [5.74, 6) is 1.48.